The summed E-state index contributed by atoms with van der Waals surface area (Å²) in [5, 5.41) is 11.0. The molecule has 0 amide bonds. The minimum absolute atomic E-state index is 0.0204. The minimum atomic E-state index is -0.472. The normalized spacial score (nSPS) is 11.2. The summed E-state index contributed by atoms with van der Waals surface area (Å²) in [6.45, 7) is 6.72. The largest absolute Gasteiger partial charge is 0.486 e. The zero-order chi connectivity index (χ0) is 21.8. The van der Waals surface area contributed by atoms with E-state index in [1.165, 1.54) is 16.7 Å². The molecule has 1 aromatic carbocycles. The Hall–Kier alpha value is -3.43. The first-order valence-corrected chi connectivity index (χ1v) is 9.97. The summed E-state index contributed by atoms with van der Waals surface area (Å²) in [7, 11) is 0. The highest BCUT2D eigenvalue weighted by atomic mass is 16.6. The molecule has 0 aliphatic carbocycles. The Kier molecular flexibility index (Phi) is 6.34. The van der Waals surface area contributed by atoms with Crippen LogP contribution in [0.4, 0.5) is 5.69 Å². The van der Waals surface area contributed by atoms with Crippen molar-refractivity contribution in [3.63, 3.8) is 0 Å². The van der Waals surface area contributed by atoms with Crippen molar-refractivity contribution in [3.8, 4) is 5.75 Å². The van der Waals surface area contributed by atoms with E-state index in [0.29, 0.717) is 41.4 Å². The van der Waals surface area contributed by atoms with E-state index in [9.17, 15) is 19.7 Å². The van der Waals surface area contributed by atoms with E-state index < -0.39 is 16.2 Å². The van der Waals surface area contributed by atoms with Crippen LogP contribution in [0.25, 0.3) is 11.2 Å². The maximum absolute atomic E-state index is 12.5. The molecule has 30 heavy (non-hydrogen) atoms. The number of imidazole rings is 1. The van der Waals surface area contributed by atoms with Crippen molar-refractivity contribution in [3.05, 3.63) is 60.5 Å². The second-order valence-electron chi connectivity index (χ2n) is 7.11. The highest BCUT2D eigenvalue weighted by Gasteiger charge is 2.19. The molecule has 2 aromatic heterocycles. The van der Waals surface area contributed by atoms with Gasteiger partial charge in [0, 0.05) is 24.7 Å². The van der Waals surface area contributed by atoms with Gasteiger partial charge in [-0.05, 0) is 31.9 Å². The highest BCUT2D eigenvalue weighted by molar-refractivity contribution is 5.71. The van der Waals surface area contributed by atoms with Crippen LogP contribution >= 0.6 is 0 Å². The molecule has 0 aliphatic rings. The fourth-order valence-corrected chi connectivity index (χ4v) is 3.39. The predicted octanol–water partition coefficient (Wildman–Crippen LogP) is 2.89. The van der Waals surface area contributed by atoms with Gasteiger partial charge >= 0.3 is 5.69 Å². The lowest BCUT2D eigenvalue weighted by Gasteiger charge is -2.09. The number of aromatic nitrogens is 4. The molecule has 0 aliphatic heterocycles. The van der Waals surface area contributed by atoms with Gasteiger partial charge in [0.25, 0.3) is 11.2 Å². The Balaban J connectivity index is 2.01. The van der Waals surface area contributed by atoms with Crippen molar-refractivity contribution < 1.29 is 9.66 Å². The molecule has 0 unspecified atom stereocenters. The van der Waals surface area contributed by atoms with Crippen LogP contribution in [0.5, 0.6) is 5.75 Å². The Morgan fingerprint density at radius 2 is 1.93 bits per heavy atom. The zero-order valence-corrected chi connectivity index (χ0v) is 17.3. The number of fused-ring (bicyclic) bond motifs is 1. The van der Waals surface area contributed by atoms with E-state index in [-0.39, 0.29) is 12.3 Å². The number of unbranched alkanes of at least 4 members (excludes halogenated alkanes) is 1. The minimum Gasteiger partial charge on any atom is -0.486 e. The van der Waals surface area contributed by atoms with Crippen molar-refractivity contribution in [1.29, 1.82) is 0 Å². The smallest absolute Gasteiger partial charge is 0.330 e. The first kappa shape index (κ1) is 21.3. The quantitative estimate of drug-likeness (QED) is 0.423. The number of ether oxygens (including phenoxy) is 1. The van der Waals surface area contributed by atoms with Gasteiger partial charge in [0.15, 0.2) is 11.2 Å². The number of aryl methyl sites for hydroxylation is 3. The summed E-state index contributed by atoms with van der Waals surface area (Å²) < 4.78 is 9.07. The van der Waals surface area contributed by atoms with Gasteiger partial charge in [-0.1, -0.05) is 20.3 Å². The molecule has 1 N–H and O–H groups in total. The molecule has 10 nitrogen and oxygen atoms in total. The average Bonchev–Trinajstić information content (AvgIpc) is 3.05. The summed E-state index contributed by atoms with van der Waals surface area (Å²) in [5.74, 6) is 0.981. The number of aromatic amines is 1. The van der Waals surface area contributed by atoms with Crippen LogP contribution < -0.4 is 16.0 Å². The standard InChI is InChI=1S/C20H25N5O5/c1-4-6-10-24-18-17(19(26)22-20(24)27)23(9-5-2)16(21-18)12-30-14-7-8-15(25(28)29)13(3)11-14/h7-8,11H,4-6,9-10,12H2,1-3H3,(H,22,26,27). The van der Waals surface area contributed by atoms with Gasteiger partial charge < -0.3 is 9.30 Å². The molecule has 0 spiro atoms. The Bertz CT molecular complexity index is 1190. The van der Waals surface area contributed by atoms with Gasteiger partial charge in [0.1, 0.15) is 18.2 Å². The van der Waals surface area contributed by atoms with Crippen LogP contribution in [0, 0.1) is 17.0 Å². The second kappa shape index (κ2) is 8.93. The number of H-pyrrole nitrogens is 1. The molecule has 160 valence electrons. The molecule has 0 saturated carbocycles. The molecule has 0 saturated heterocycles. The van der Waals surface area contributed by atoms with Gasteiger partial charge in [-0.3, -0.25) is 24.5 Å². The average molecular weight is 415 g/mol. The summed E-state index contributed by atoms with van der Waals surface area (Å²) in [6.07, 6.45) is 2.45. The van der Waals surface area contributed by atoms with E-state index >= 15 is 0 Å². The van der Waals surface area contributed by atoms with Crippen molar-refractivity contribution in [2.75, 3.05) is 0 Å². The summed E-state index contributed by atoms with van der Waals surface area (Å²) >= 11 is 0. The van der Waals surface area contributed by atoms with Gasteiger partial charge in [-0.25, -0.2) is 9.78 Å². The monoisotopic (exact) mass is 415 g/mol. The Labute approximate surface area is 172 Å². The maximum Gasteiger partial charge on any atom is 0.330 e. The molecule has 0 atom stereocenters. The summed E-state index contributed by atoms with van der Waals surface area (Å²) in [4.78, 5) is 42.3. The van der Waals surface area contributed by atoms with Crippen molar-refractivity contribution >= 4 is 16.9 Å². The van der Waals surface area contributed by atoms with Crippen LogP contribution in [-0.4, -0.2) is 24.0 Å². The van der Waals surface area contributed by atoms with E-state index in [1.54, 1.807) is 17.6 Å². The molecule has 3 aromatic rings. The third kappa shape index (κ3) is 4.12. The Morgan fingerprint density at radius 1 is 1.17 bits per heavy atom. The number of rotatable bonds is 9. The fraction of sp³-hybridized carbons (Fsp3) is 0.450. The third-order valence-corrected chi connectivity index (χ3v) is 4.88. The van der Waals surface area contributed by atoms with Crippen molar-refractivity contribution in [1.82, 2.24) is 19.1 Å². The zero-order valence-electron chi connectivity index (χ0n) is 17.3. The maximum atomic E-state index is 12.5. The van der Waals surface area contributed by atoms with Gasteiger partial charge in [-0.15, -0.1) is 0 Å². The molecule has 2 heterocycles. The first-order chi connectivity index (χ1) is 14.4. The van der Waals surface area contributed by atoms with Crippen LogP contribution in [0.15, 0.2) is 27.8 Å². The lowest BCUT2D eigenvalue weighted by Crippen LogP contribution is -2.31. The molecule has 3 rings (SSSR count). The van der Waals surface area contributed by atoms with Crippen LogP contribution in [-0.2, 0) is 19.7 Å². The third-order valence-electron chi connectivity index (χ3n) is 4.88. The number of nitrogens with zero attached hydrogens (tertiary/aromatic N) is 4. The number of benzene rings is 1. The van der Waals surface area contributed by atoms with Crippen molar-refractivity contribution in [2.24, 2.45) is 0 Å². The number of nitrogens with one attached hydrogen (secondary N) is 1. The molecule has 0 bridgehead atoms. The topological polar surface area (TPSA) is 125 Å². The Morgan fingerprint density at radius 3 is 2.57 bits per heavy atom. The number of nitro benzene ring substituents is 1. The number of nitro groups is 1. The predicted molar refractivity (Wildman–Crippen MR) is 112 cm³/mol. The molecule has 0 radical (unpaired) electrons. The van der Waals surface area contributed by atoms with E-state index in [2.05, 4.69) is 9.97 Å². The summed E-state index contributed by atoms with van der Waals surface area (Å²) in [6, 6.07) is 4.52. The van der Waals surface area contributed by atoms with Crippen LogP contribution in [0.3, 0.4) is 0 Å². The van der Waals surface area contributed by atoms with Gasteiger partial charge in [0.2, 0.25) is 0 Å². The van der Waals surface area contributed by atoms with E-state index in [4.69, 9.17) is 4.74 Å². The van der Waals surface area contributed by atoms with Crippen molar-refractivity contribution in [2.45, 2.75) is 59.7 Å². The number of hydrogen-bond donors (Lipinski definition) is 1. The SMILES string of the molecule is CCCCn1c(=O)[nH]c(=O)c2c1nc(COc1ccc([N+](=O)[O-])c(C)c1)n2CCC. The lowest BCUT2D eigenvalue weighted by atomic mass is 10.2. The van der Waals surface area contributed by atoms with E-state index in [1.807, 2.05) is 13.8 Å². The van der Waals surface area contributed by atoms with Gasteiger partial charge in [-0.2, -0.15) is 0 Å². The molecular formula is C20H25N5O5. The van der Waals surface area contributed by atoms with Crippen LogP contribution in [0.1, 0.15) is 44.5 Å². The number of hydrogen-bond acceptors (Lipinski definition) is 6. The fourth-order valence-electron chi connectivity index (χ4n) is 3.39. The van der Waals surface area contributed by atoms with Gasteiger partial charge in [0.05, 0.1) is 4.92 Å². The van der Waals surface area contributed by atoms with E-state index in [0.717, 1.165) is 19.3 Å². The highest BCUT2D eigenvalue weighted by Crippen LogP contribution is 2.24. The molecule has 10 heteroatoms. The molecule has 0 fully saturated rings. The lowest BCUT2D eigenvalue weighted by molar-refractivity contribution is -0.385. The van der Waals surface area contributed by atoms with Crippen LogP contribution in [0.2, 0.25) is 0 Å². The first-order valence-electron chi connectivity index (χ1n) is 9.97. The summed E-state index contributed by atoms with van der Waals surface area (Å²) in [5.41, 5.74) is 0.272. The second-order valence-corrected chi connectivity index (χ2v) is 7.11. The molecular weight excluding hydrogens is 390 g/mol.